The normalized spacial score (nSPS) is 19.7. The molecule has 0 aromatic rings. The van der Waals surface area contributed by atoms with Crippen LogP contribution in [0.3, 0.4) is 0 Å². The van der Waals surface area contributed by atoms with Gasteiger partial charge >= 0.3 is 0 Å². The van der Waals surface area contributed by atoms with Crippen LogP contribution in [0.15, 0.2) is 0 Å². The van der Waals surface area contributed by atoms with Crippen molar-refractivity contribution in [1.29, 1.82) is 0 Å². The minimum Gasteiger partial charge on any atom is -0.390 e. The van der Waals surface area contributed by atoms with Crippen LogP contribution in [0.5, 0.6) is 0 Å². The van der Waals surface area contributed by atoms with E-state index in [1.807, 2.05) is 20.8 Å². The maximum atomic E-state index is 11.9. The van der Waals surface area contributed by atoms with Crippen LogP contribution in [0.2, 0.25) is 0 Å². The van der Waals surface area contributed by atoms with E-state index in [2.05, 4.69) is 15.9 Å². The second kappa shape index (κ2) is 4.72. The third-order valence-corrected chi connectivity index (χ3v) is 7.39. The van der Waals surface area contributed by atoms with Crippen molar-refractivity contribution in [3.8, 4) is 0 Å². The van der Waals surface area contributed by atoms with E-state index in [0.717, 1.165) is 0 Å². The first-order chi connectivity index (χ1) is 6.53. The van der Waals surface area contributed by atoms with Crippen LogP contribution in [-0.4, -0.2) is 29.0 Å². The van der Waals surface area contributed by atoms with Gasteiger partial charge in [-0.05, 0) is 11.8 Å². The highest BCUT2D eigenvalue weighted by Crippen LogP contribution is 2.41. The van der Waals surface area contributed by atoms with Gasteiger partial charge < -0.3 is 5.11 Å². The van der Waals surface area contributed by atoms with Crippen molar-refractivity contribution in [3.63, 3.8) is 0 Å². The van der Waals surface area contributed by atoms with Crippen molar-refractivity contribution in [2.24, 2.45) is 5.41 Å². The number of aliphatic hydroxyl groups is 1. The average Bonchev–Trinajstić information content (AvgIpc) is 2.13. The summed E-state index contributed by atoms with van der Waals surface area (Å²) in [6.07, 6.45) is -0.582. The molecular formula is C10H21BrO3S. The van der Waals surface area contributed by atoms with Gasteiger partial charge in [0, 0.05) is 5.75 Å². The minimum atomic E-state index is -3.33. The third-order valence-electron chi connectivity index (χ3n) is 2.61. The number of halogens is 1. The zero-order chi connectivity index (χ0) is 12.5. The molecule has 0 bridgehead atoms. The molecule has 92 valence electrons. The zero-order valence-electron chi connectivity index (χ0n) is 10.0. The Morgan fingerprint density at radius 2 is 1.67 bits per heavy atom. The minimum absolute atomic E-state index is 0.0270. The Morgan fingerprint density at radius 3 is 1.87 bits per heavy atom. The van der Waals surface area contributed by atoms with Crippen LogP contribution in [0.25, 0.3) is 0 Å². The van der Waals surface area contributed by atoms with E-state index in [-0.39, 0.29) is 5.75 Å². The van der Waals surface area contributed by atoms with E-state index in [0.29, 0.717) is 6.42 Å². The second-order valence-corrected chi connectivity index (χ2v) is 9.29. The third kappa shape index (κ3) is 2.94. The molecule has 0 aliphatic heterocycles. The van der Waals surface area contributed by atoms with E-state index < -0.39 is 25.0 Å². The summed E-state index contributed by atoms with van der Waals surface area (Å²) < 4.78 is 22.6. The summed E-state index contributed by atoms with van der Waals surface area (Å²) in [5, 5.41) is 10.1. The van der Waals surface area contributed by atoms with Crippen LogP contribution >= 0.6 is 15.9 Å². The number of hydrogen-bond acceptors (Lipinski definition) is 3. The van der Waals surface area contributed by atoms with Gasteiger partial charge in [0.1, 0.15) is 0 Å². The zero-order valence-corrected chi connectivity index (χ0v) is 12.4. The van der Waals surface area contributed by atoms with Gasteiger partial charge in [-0.15, -0.1) is 0 Å². The maximum Gasteiger partial charge on any atom is 0.168 e. The summed E-state index contributed by atoms with van der Waals surface area (Å²) in [5.74, 6) is 0.0270. The van der Waals surface area contributed by atoms with E-state index >= 15 is 0 Å². The van der Waals surface area contributed by atoms with Gasteiger partial charge in [-0.2, -0.15) is 0 Å². The SMILES string of the molecule is CC[C@@](Br)([C@@H](O)C(C)(C)C)S(=O)(=O)CC. The summed E-state index contributed by atoms with van der Waals surface area (Å²) in [4.78, 5) is 0. The first-order valence-corrected chi connectivity index (χ1v) is 7.56. The van der Waals surface area contributed by atoms with Gasteiger partial charge in [0.15, 0.2) is 13.5 Å². The molecule has 3 nitrogen and oxygen atoms in total. The number of sulfone groups is 1. The summed E-state index contributed by atoms with van der Waals surface area (Å²) in [7, 11) is -3.33. The number of hydrogen-bond donors (Lipinski definition) is 1. The van der Waals surface area contributed by atoms with Gasteiger partial charge in [0.05, 0.1) is 6.10 Å². The fraction of sp³-hybridized carbons (Fsp3) is 1.00. The summed E-state index contributed by atoms with van der Waals surface area (Å²) in [6, 6.07) is 0. The molecule has 0 aliphatic carbocycles. The Hall–Kier alpha value is 0.390. The molecule has 0 aromatic carbocycles. The highest BCUT2D eigenvalue weighted by Gasteiger charge is 2.49. The van der Waals surface area contributed by atoms with Gasteiger partial charge in [0.25, 0.3) is 0 Å². The molecule has 0 aliphatic rings. The van der Waals surface area contributed by atoms with Gasteiger partial charge in [-0.1, -0.05) is 50.5 Å². The number of aliphatic hydroxyl groups excluding tert-OH is 1. The van der Waals surface area contributed by atoms with Crippen molar-refractivity contribution in [1.82, 2.24) is 0 Å². The Balaban J connectivity index is 5.40. The van der Waals surface area contributed by atoms with Crippen molar-refractivity contribution < 1.29 is 13.5 Å². The van der Waals surface area contributed by atoms with Crippen LogP contribution < -0.4 is 0 Å². The highest BCUT2D eigenvalue weighted by molar-refractivity contribution is 9.11. The fourth-order valence-corrected chi connectivity index (χ4v) is 4.46. The Labute approximate surface area is 101 Å². The predicted octanol–water partition coefficient (Wildman–Crippen LogP) is 2.33. The van der Waals surface area contributed by atoms with Crippen LogP contribution in [0.4, 0.5) is 0 Å². The van der Waals surface area contributed by atoms with E-state index in [9.17, 15) is 13.5 Å². The first-order valence-electron chi connectivity index (χ1n) is 5.12. The van der Waals surface area contributed by atoms with Gasteiger partial charge in [-0.25, -0.2) is 8.42 Å². The Kier molecular flexibility index (Phi) is 4.84. The Bertz CT molecular complexity index is 305. The van der Waals surface area contributed by atoms with Gasteiger partial charge in [-0.3, -0.25) is 0 Å². The fourth-order valence-electron chi connectivity index (χ4n) is 1.47. The van der Waals surface area contributed by atoms with E-state index in [1.165, 1.54) is 0 Å². The lowest BCUT2D eigenvalue weighted by Gasteiger charge is -2.38. The molecule has 5 heteroatoms. The topological polar surface area (TPSA) is 54.4 Å². The molecule has 0 aromatic heterocycles. The molecule has 1 N–H and O–H groups in total. The maximum absolute atomic E-state index is 11.9. The van der Waals surface area contributed by atoms with Gasteiger partial charge in [0.2, 0.25) is 0 Å². The molecule has 0 radical (unpaired) electrons. The van der Waals surface area contributed by atoms with Crippen LogP contribution in [0, 0.1) is 5.41 Å². The summed E-state index contributed by atoms with van der Waals surface area (Å²) in [6.45, 7) is 8.84. The monoisotopic (exact) mass is 300 g/mol. The lowest BCUT2D eigenvalue weighted by atomic mass is 9.86. The molecule has 15 heavy (non-hydrogen) atoms. The van der Waals surface area contributed by atoms with E-state index in [4.69, 9.17) is 0 Å². The number of alkyl halides is 1. The van der Waals surface area contributed by atoms with Crippen molar-refractivity contribution in [3.05, 3.63) is 0 Å². The molecule has 0 saturated carbocycles. The lowest BCUT2D eigenvalue weighted by molar-refractivity contribution is 0.0508. The Morgan fingerprint density at radius 1 is 1.27 bits per heavy atom. The highest BCUT2D eigenvalue weighted by atomic mass is 79.9. The van der Waals surface area contributed by atoms with Crippen LogP contribution in [-0.2, 0) is 9.84 Å². The molecule has 0 unspecified atom stereocenters. The standard InChI is InChI=1S/C10H21BrO3S/c1-6-10(11,15(13,14)7-2)8(12)9(3,4)5/h8,12H,6-7H2,1-5H3/t8-,10-/m0/s1. The first kappa shape index (κ1) is 15.4. The number of rotatable bonds is 4. The molecule has 0 amide bonds. The lowest BCUT2D eigenvalue weighted by Crippen LogP contribution is -2.50. The van der Waals surface area contributed by atoms with Crippen molar-refractivity contribution in [2.75, 3.05) is 5.75 Å². The summed E-state index contributed by atoms with van der Waals surface area (Å²) in [5.41, 5.74) is -0.470. The predicted molar refractivity (Wildman–Crippen MR) is 66.9 cm³/mol. The van der Waals surface area contributed by atoms with E-state index in [1.54, 1.807) is 13.8 Å². The molecule has 0 rings (SSSR count). The average molecular weight is 301 g/mol. The molecule has 0 heterocycles. The molecule has 0 spiro atoms. The molecule has 2 atom stereocenters. The second-order valence-electron chi connectivity index (χ2n) is 4.81. The smallest absolute Gasteiger partial charge is 0.168 e. The summed E-state index contributed by atoms with van der Waals surface area (Å²) >= 11 is 3.23. The van der Waals surface area contributed by atoms with Crippen LogP contribution in [0.1, 0.15) is 41.0 Å². The molecule has 0 fully saturated rings. The van der Waals surface area contributed by atoms with Crippen molar-refractivity contribution in [2.45, 2.75) is 50.8 Å². The molecular weight excluding hydrogens is 280 g/mol. The quantitative estimate of drug-likeness (QED) is 0.811. The van der Waals surface area contributed by atoms with Crippen molar-refractivity contribution >= 4 is 25.8 Å². The molecule has 0 saturated heterocycles. The largest absolute Gasteiger partial charge is 0.390 e.